The quantitative estimate of drug-likeness (QED) is 0.225. The summed E-state index contributed by atoms with van der Waals surface area (Å²) in [5.41, 5.74) is 8.60. The van der Waals surface area contributed by atoms with Crippen LogP contribution in [0.1, 0.15) is 0 Å². The second-order valence-corrected chi connectivity index (χ2v) is 12.9. The maximum absolute atomic E-state index is 5.26. The summed E-state index contributed by atoms with van der Waals surface area (Å²) in [6, 6.07) is 41.2. The van der Waals surface area contributed by atoms with Crippen molar-refractivity contribution in [2.45, 2.75) is 13.1 Å². The summed E-state index contributed by atoms with van der Waals surface area (Å²) < 4.78 is 4.51. The van der Waals surface area contributed by atoms with E-state index in [1.54, 1.807) is 0 Å². The third-order valence-electron chi connectivity index (χ3n) is 7.79. The van der Waals surface area contributed by atoms with Crippen molar-refractivity contribution in [3.05, 3.63) is 115 Å². The van der Waals surface area contributed by atoms with Crippen molar-refractivity contribution in [2.75, 3.05) is 0 Å². The van der Waals surface area contributed by atoms with E-state index in [1.807, 2.05) is 12.1 Å². The van der Waals surface area contributed by atoms with Gasteiger partial charge < -0.3 is 0 Å². The molecule has 3 aromatic heterocycles. The Kier molecular flexibility index (Phi) is 4.78. The molecule has 5 aromatic carbocycles. The number of hydrogen-bond donors (Lipinski definition) is 0. The van der Waals surface area contributed by atoms with Crippen molar-refractivity contribution < 1.29 is 0 Å². The molecular weight excluding hydrogens is 492 g/mol. The molecule has 0 saturated carbocycles. The van der Waals surface area contributed by atoms with Crippen molar-refractivity contribution in [3.8, 4) is 17.1 Å². The lowest BCUT2D eigenvalue weighted by Crippen LogP contribution is -2.21. The predicted molar refractivity (Wildman–Crippen MR) is 165 cm³/mol. The average Bonchev–Trinajstić information content (AvgIpc) is 3.53. The summed E-state index contributed by atoms with van der Waals surface area (Å²) in [6.07, 6.45) is 0. The molecule has 0 aliphatic rings. The van der Waals surface area contributed by atoms with E-state index in [1.165, 1.54) is 27.1 Å². The van der Waals surface area contributed by atoms with E-state index in [-0.39, 0.29) is 0 Å². The normalized spacial score (nSPS) is 12.1. The monoisotopic (exact) mass is 517 g/mol. The zero-order chi connectivity index (χ0) is 26.1. The first kappa shape index (κ1) is 22.3. The summed E-state index contributed by atoms with van der Waals surface area (Å²) in [4.78, 5) is 10.3. The maximum Gasteiger partial charge on any atom is 0.221 e. The van der Waals surface area contributed by atoms with Crippen LogP contribution in [-0.4, -0.2) is 27.7 Å². The molecule has 0 aliphatic heterocycles. The molecule has 0 saturated heterocycles. The van der Waals surface area contributed by atoms with Crippen molar-refractivity contribution in [1.82, 2.24) is 18.9 Å². The summed E-state index contributed by atoms with van der Waals surface area (Å²) in [6.45, 7) is 4.67. The molecule has 0 fully saturated rings. The number of aromatic nitrogens is 4. The first-order valence-corrected chi connectivity index (χ1v) is 15.8. The van der Waals surface area contributed by atoms with Crippen LogP contribution >= 0.6 is 0 Å². The third-order valence-corrected chi connectivity index (χ3v) is 9.28. The summed E-state index contributed by atoms with van der Waals surface area (Å²) in [7, 11) is -0.462. The number of hydrogen-bond acceptors (Lipinski definition) is 2. The van der Waals surface area contributed by atoms with Gasteiger partial charge in [0, 0.05) is 16.2 Å². The molecule has 8 rings (SSSR count). The first-order chi connectivity index (χ1) is 19.2. The molecule has 1 radical (unpaired) electrons. The molecule has 185 valence electrons. The largest absolute Gasteiger partial charge is 0.279 e. The van der Waals surface area contributed by atoms with Gasteiger partial charge in [0.15, 0.2) is 0 Å². The Bertz CT molecular complexity index is 2200. The van der Waals surface area contributed by atoms with Gasteiger partial charge in [0.1, 0.15) is 5.65 Å². The third kappa shape index (κ3) is 3.30. The molecule has 0 amide bonds. The second kappa shape index (κ2) is 8.38. The maximum atomic E-state index is 5.26. The first-order valence-electron chi connectivity index (χ1n) is 13.3. The zero-order valence-electron chi connectivity index (χ0n) is 21.8. The minimum absolute atomic E-state index is 0.462. The van der Waals surface area contributed by atoms with Gasteiger partial charge in [0.25, 0.3) is 0 Å². The van der Waals surface area contributed by atoms with Gasteiger partial charge in [-0.2, -0.15) is 0 Å². The molecule has 0 atom stereocenters. The van der Waals surface area contributed by atoms with Gasteiger partial charge in [-0.05, 0) is 53.6 Å². The highest BCUT2D eigenvalue weighted by Crippen LogP contribution is 2.36. The fraction of sp³-hybridized carbons (Fsp3) is 0.0588. The number of benzene rings is 5. The van der Waals surface area contributed by atoms with E-state index in [9.17, 15) is 0 Å². The minimum atomic E-state index is -0.462. The Morgan fingerprint density at radius 1 is 0.538 bits per heavy atom. The van der Waals surface area contributed by atoms with Crippen LogP contribution in [0.2, 0.25) is 13.1 Å². The lowest BCUT2D eigenvalue weighted by atomic mass is 10.0. The van der Waals surface area contributed by atoms with Gasteiger partial charge in [-0.25, -0.2) is 9.97 Å². The Hall–Kier alpha value is -4.74. The number of imidazole rings is 1. The number of rotatable bonds is 3. The fourth-order valence-corrected chi connectivity index (χ4v) is 6.67. The molecule has 0 aliphatic carbocycles. The molecule has 0 bridgehead atoms. The van der Waals surface area contributed by atoms with Crippen LogP contribution in [0.4, 0.5) is 0 Å². The van der Waals surface area contributed by atoms with Crippen LogP contribution in [0, 0.1) is 0 Å². The Morgan fingerprint density at radius 3 is 1.97 bits per heavy atom. The van der Waals surface area contributed by atoms with Gasteiger partial charge in [0.05, 0.1) is 36.4 Å². The molecule has 0 N–H and O–H groups in total. The molecule has 4 nitrogen and oxygen atoms in total. The minimum Gasteiger partial charge on any atom is -0.279 e. The molecule has 8 aromatic rings. The average molecular weight is 518 g/mol. The lowest BCUT2D eigenvalue weighted by molar-refractivity contribution is 0.979. The molecule has 0 spiro atoms. The van der Waals surface area contributed by atoms with Gasteiger partial charge in [-0.15, -0.1) is 0 Å². The van der Waals surface area contributed by atoms with Crippen molar-refractivity contribution in [2.24, 2.45) is 0 Å². The van der Waals surface area contributed by atoms with Crippen LogP contribution in [0.15, 0.2) is 115 Å². The molecule has 5 heteroatoms. The standard InChI is InChI=1S/C34H25N4Si/c1-39(2)24-18-15-22(16-19-24)23-17-20-31-27(21-23)25-9-4-7-13-30(25)37(31)34-36-28-11-5-3-10-26(28)33-35-29-12-6-8-14-32(29)38(33)34/h3-21H,1-2H3. The van der Waals surface area contributed by atoms with Gasteiger partial charge in [-0.1, -0.05) is 91.1 Å². The van der Waals surface area contributed by atoms with Crippen molar-refractivity contribution in [1.29, 1.82) is 0 Å². The smallest absolute Gasteiger partial charge is 0.221 e. The highest BCUT2D eigenvalue weighted by atomic mass is 28.3. The molecule has 3 heterocycles. The van der Waals surface area contributed by atoms with E-state index in [0.29, 0.717) is 0 Å². The molecular formula is C34H25N4Si. The SMILES string of the molecule is C[Si](C)c1ccc(-c2ccc3c(c2)c2ccccc2n3-c2nc3ccccc3c3nc4ccccc4n23)cc1. The highest BCUT2D eigenvalue weighted by Gasteiger charge is 2.20. The van der Waals surface area contributed by atoms with Crippen molar-refractivity contribution in [3.63, 3.8) is 0 Å². The number of nitrogens with zero attached hydrogens (tertiary/aromatic N) is 4. The summed E-state index contributed by atoms with van der Waals surface area (Å²) in [5, 5.41) is 4.94. The summed E-state index contributed by atoms with van der Waals surface area (Å²) in [5.74, 6) is 0.848. The lowest BCUT2D eigenvalue weighted by Gasteiger charge is -2.12. The van der Waals surface area contributed by atoms with Crippen LogP contribution in [0.3, 0.4) is 0 Å². The molecule has 39 heavy (non-hydrogen) atoms. The Labute approximate surface area is 227 Å². The van der Waals surface area contributed by atoms with Crippen LogP contribution in [0.5, 0.6) is 0 Å². The topological polar surface area (TPSA) is 35.1 Å². The van der Waals surface area contributed by atoms with E-state index in [2.05, 4.69) is 125 Å². The van der Waals surface area contributed by atoms with Crippen LogP contribution in [-0.2, 0) is 0 Å². The zero-order valence-corrected chi connectivity index (χ0v) is 22.8. The van der Waals surface area contributed by atoms with Gasteiger partial charge >= 0.3 is 0 Å². The van der Waals surface area contributed by atoms with E-state index in [4.69, 9.17) is 9.97 Å². The fourth-order valence-electron chi connectivity index (χ4n) is 5.84. The van der Waals surface area contributed by atoms with Crippen molar-refractivity contribution >= 4 is 63.4 Å². The number of fused-ring (bicyclic) bond motifs is 8. The predicted octanol–water partition coefficient (Wildman–Crippen LogP) is 7.76. The highest BCUT2D eigenvalue weighted by molar-refractivity contribution is 6.70. The second-order valence-electron chi connectivity index (χ2n) is 10.4. The van der Waals surface area contributed by atoms with E-state index < -0.39 is 8.80 Å². The van der Waals surface area contributed by atoms with Gasteiger partial charge in [-0.3, -0.25) is 8.97 Å². The summed E-state index contributed by atoms with van der Waals surface area (Å²) >= 11 is 0. The van der Waals surface area contributed by atoms with E-state index >= 15 is 0 Å². The Balaban J connectivity index is 1.46. The Morgan fingerprint density at radius 2 is 1.18 bits per heavy atom. The van der Waals surface area contributed by atoms with Crippen LogP contribution in [0.25, 0.3) is 66.5 Å². The van der Waals surface area contributed by atoms with E-state index in [0.717, 1.165) is 44.6 Å². The molecule has 0 unspecified atom stereocenters. The van der Waals surface area contributed by atoms with Gasteiger partial charge in [0.2, 0.25) is 5.95 Å². The van der Waals surface area contributed by atoms with Crippen LogP contribution < -0.4 is 5.19 Å². The number of para-hydroxylation sites is 4.